The molecule has 0 amide bonds. The lowest BCUT2D eigenvalue weighted by molar-refractivity contribution is 0.446. The molecule has 2 rings (SSSR count). The summed E-state index contributed by atoms with van der Waals surface area (Å²) in [6, 6.07) is 0.397. The highest BCUT2D eigenvalue weighted by Gasteiger charge is 2.30. The molecule has 0 aromatic carbocycles. The highest BCUT2D eigenvalue weighted by Crippen LogP contribution is 2.28. The number of hydrogen-bond acceptors (Lipinski definition) is 3. The summed E-state index contributed by atoms with van der Waals surface area (Å²) in [5.41, 5.74) is 1.50. The highest BCUT2D eigenvalue weighted by molar-refractivity contribution is 7.91. The largest absolute Gasteiger partial charge is 0.313 e. The van der Waals surface area contributed by atoms with E-state index in [1.165, 1.54) is 31.3 Å². The van der Waals surface area contributed by atoms with E-state index >= 15 is 0 Å². The fourth-order valence-corrected chi connectivity index (χ4v) is 4.91. The fraction of sp³-hybridized carbons (Fsp3) is 0.846. The molecular weight excluding hydrogens is 234 g/mol. The smallest absolute Gasteiger partial charge is 0.150 e. The first kappa shape index (κ1) is 13.1. The average molecular weight is 257 g/mol. The zero-order valence-corrected chi connectivity index (χ0v) is 11.4. The van der Waals surface area contributed by atoms with E-state index in [2.05, 4.69) is 11.4 Å². The standard InChI is InChI=1S/C13H23NO2S/c1-14-13(12-5-3-2-4-6-12)9-11-7-8-17(15,16)10-11/h5,11,13-14H,2-4,6-10H2,1H3. The first-order valence-electron chi connectivity index (χ1n) is 6.67. The molecule has 1 saturated heterocycles. The molecule has 2 atom stereocenters. The van der Waals surface area contributed by atoms with Crippen LogP contribution in [-0.2, 0) is 9.84 Å². The Morgan fingerprint density at radius 2 is 2.29 bits per heavy atom. The SMILES string of the molecule is CNC(CC1CCS(=O)(=O)C1)C1=CCCCC1. The van der Waals surface area contributed by atoms with Crippen LogP contribution in [0.15, 0.2) is 11.6 Å². The lowest BCUT2D eigenvalue weighted by Gasteiger charge is -2.25. The van der Waals surface area contributed by atoms with E-state index in [1.54, 1.807) is 0 Å². The Balaban J connectivity index is 1.94. The van der Waals surface area contributed by atoms with Gasteiger partial charge in [0.05, 0.1) is 11.5 Å². The second-order valence-electron chi connectivity index (χ2n) is 5.37. The van der Waals surface area contributed by atoms with Crippen molar-refractivity contribution in [3.8, 4) is 0 Å². The molecule has 1 heterocycles. The van der Waals surface area contributed by atoms with E-state index in [1.807, 2.05) is 7.05 Å². The van der Waals surface area contributed by atoms with Gasteiger partial charge in [0, 0.05) is 6.04 Å². The third kappa shape index (κ3) is 3.55. The van der Waals surface area contributed by atoms with Crippen LogP contribution in [-0.4, -0.2) is 33.0 Å². The fourth-order valence-electron chi connectivity index (χ4n) is 3.03. The Kier molecular flexibility index (Phi) is 4.26. The molecule has 2 aliphatic rings. The minimum Gasteiger partial charge on any atom is -0.313 e. The molecule has 4 heteroatoms. The predicted molar refractivity (Wildman–Crippen MR) is 70.8 cm³/mol. The van der Waals surface area contributed by atoms with Crippen LogP contribution in [0.2, 0.25) is 0 Å². The molecule has 0 saturated carbocycles. The first-order valence-corrected chi connectivity index (χ1v) is 8.49. The zero-order chi connectivity index (χ0) is 12.3. The Bertz CT molecular complexity index is 386. The van der Waals surface area contributed by atoms with Crippen LogP contribution in [0.4, 0.5) is 0 Å². The Morgan fingerprint density at radius 3 is 2.82 bits per heavy atom. The number of hydrogen-bond donors (Lipinski definition) is 1. The van der Waals surface area contributed by atoms with Crippen molar-refractivity contribution in [3.63, 3.8) is 0 Å². The van der Waals surface area contributed by atoms with Crippen molar-refractivity contribution in [1.29, 1.82) is 0 Å². The molecule has 0 aromatic rings. The number of nitrogens with one attached hydrogen (secondary N) is 1. The minimum atomic E-state index is -2.73. The van der Waals surface area contributed by atoms with Gasteiger partial charge in [0.25, 0.3) is 0 Å². The van der Waals surface area contributed by atoms with Crippen molar-refractivity contribution in [1.82, 2.24) is 5.32 Å². The van der Waals surface area contributed by atoms with Crippen LogP contribution >= 0.6 is 0 Å². The van der Waals surface area contributed by atoms with Gasteiger partial charge in [0.1, 0.15) is 0 Å². The van der Waals surface area contributed by atoms with Crippen molar-refractivity contribution >= 4 is 9.84 Å². The van der Waals surface area contributed by atoms with E-state index in [-0.39, 0.29) is 0 Å². The van der Waals surface area contributed by atoms with Gasteiger partial charge in [0.15, 0.2) is 9.84 Å². The first-order chi connectivity index (χ1) is 8.11. The summed E-state index contributed by atoms with van der Waals surface area (Å²) in [6.45, 7) is 0. The molecule has 1 fully saturated rings. The van der Waals surface area contributed by atoms with Crippen LogP contribution in [0.5, 0.6) is 0 Å². The number of allylic oxidation sites excluding steroid dienone is 1. The third-order valence-corrected chi connectivity index (χ3v) is 5.85. The monoisotopic (exact) mass is 257 g/mol. The maximum Gasteiger partial charge on any atom is 0.150 e. The molecule has 0 radical (unpaired) electrons. The number of sulfone groups is 1. The summed E-state index contributed by atoms with van der Waals surface area (Å²) in [5, 5.41) is 3.36. The Hall–Kier alpha value is -0.350. The van der Waals surface area contributed by atoms with Gasteiger partial charge in [-0.1, -0.05) is 11.6 Å². The maximum atomic E-state index is 11.5. The molecule has 1 aliphatic carbocycles. The van der Waals surface area contributed by atoms with Crippen LogP contribution < -0.4 is 5.32 Å². The molecule has 3 nitrogen and oxygen atoms in total. The van der Waals surface area contributed by atoms with Gasteiger partial charge in [0.2, 0.25) is 0 Å². The van der Waals surface area contributed by atoms with Crippen LogP contribution in [0.1, 0.15) is 38.5 Å². The normalized spacial score (nSPS) is 29.9. The summed E-state index contributed by atoms with van der Waals surface area (Å²) >= 11 is 0. The minimum absolute atomic E-state index is 0.361. The topological polar surface area (TPSA) is 46.2 Å². The van der Waals surface area contributed by atoms with Crippen molar-refractivity contribution in [2.24, 2.45) is 5.92 Å². The van der Waals surface area contributed by atoms with Crippen LogP contribution in [0.25, 0.3) is 0 Å². The molecule has 0 spiro atoms. The third-order valence-electron chi connectivity index (χ3n) is 4.02. The average Bonchev–Trinajstić information content (AvgIpc) is 2.67. The molecule has 0 bridgehead atoms. The Morgan fingerprint density at radius 1 is 1.47 bits per heavy atom. The molecule has 17 heavy (non-hydrogen) atoms. The zero-order valence-electron chi connectivity index (χ0n) is 10.6. The van der Waals surface area contributed by atoms with Gasteiger partial charge in [-0.15, -0.1) is 0 Å². The van der Waals surface area contributed by atoms with Gasteiger partial charge in [-0.3, -0.25) is 0 Å². The number of rotatable bonds is 4. The lowest BCUT2D eigenvalue weighted by atomic mass is 9.88. The van der Waals surface area contributed by atoms with Crippen molar-refractivity contribution in [3.05, 3.63) is 11.6 Å². The van der Waals surface area contributed by atoms with Gasteiger partial charge < -0.3 is 5.32 Å². The summed E-state index contributed by atoms with van der Waals surface area (Å²) in [4.78, 5) is 0. The van der Waals surface area contributed by atoms with Gasteiger partial charge in [-0.2, -0.15) is 0 Å². The summed E-state index contributed by atoms with van der Waals surface area (Å²) in [5.74, 6) is 1.16. The van der Waals surface area contributed by atoms with Crippen molar-refractivity contribution in [2.45, 2.75) is 44.6 Å². The second-order valence-corrected chi connectivity index (χ2v) is 7.60. The summed E-state index contributed by atoms with van der Waals surface area (Å²) in [6.07, 6.45) is 9.16. The van der Waals surface area contributed by atoms with Crippen molar-refractivity contribution < 1.29 is 8.42 Å². The van der Waals surface area contributed by atoms with Crippen LogP contribution in [0, 0.1) is 5.92 Å². The summed E-state index contributed by atoms with van der Waals surface area (Å²) in [7, 11) is -0.738. The van der Waals surface area contributed by atoms with Crippen molar-refractivity contribution in [2.75, 3.05) is 18.6 Å². The van der Waals surface area contributed by atoms with Gasteiger partial charge in [-0.25, -0.2) is 8.42 Å². The summed E-state index contributed by atoms with van der Waals surface area (Å²) < 4.78 is 22.9. The van der Waals surface area contributed by atoms with Gasteiger partial charge in [-0.05, 0) is 51.5 Å². The molecule has 2 unspecified atom stereocenters. The quantitative estimate of drug-likeness (QED) is 0.782. The van der Waals surface area contributed by atoms with E-state index in [9.17, 15) is 8.42 Å². The predicted octanol–water partition coefficient (Wildman–Crippen LogP) is 1.90. The molecule has 98 valence electrons. The molecule has 1 N–H and O–H groups in total. The van der Waals surface area contributed by atoms with E-state index in [4.69, 9.17) is 0 Å². The lowest BCUT2D eigenvalue weighted by Crippen LogP contribution is -2.31. The molecule has 1 aliphatic heterocycles. The van der Waals surface area contributed by atoms with E-state index in [0.717, 1.165) is 12.8 Å². The van der Waals surface area contributed by atoms with E-state index in [0.29, 0.717) is 23.5 Å². The molecular formula is C13H23NO2S. The van der Waals surface area contributed by atoms with Gasteiger partial charge >= 0.3 is 0 Å². The molecule has 0 aromatic heterocycles. The Labute approximate surface area is 105 Å². The second kappa shape index (κ2) is 5.53. The highest BCUT2D eigenvalue weighted by atomic mass is 32.2. The van der Waals surface area contributed by atoms with E-state index < -0.39 is 9.84 Å². The van der Waals surface area contributed by atoms with Crippen LogP contribution in [0.3, 0.4) is 0 Å². The number of likely N-dealkylation sites (N-methyl/N-ethyl adjacent to an activating group) is 1. The maximum absolute atomic E-state index is 11.5.